The Morgan fingerprint density at radius 1 is 1.06 bits per heavy atom. The van der Waals surface area contributed by atoms with Crippen LogP contribution in [0.5, 0.6) is 11.5 Å². The number of aryl methyl sites for hydroxylation is 1. The lowest BCUT2D eigenvalue weighted by Crippen LogP contribution is -2.40. The Hall–Kier alpha value is -3.06. The summed E-state index contributed by atoms with van der Waals surface area (Å²) in [5.74, 6) is 0.763. The van der Waals surface area contributed by atoms with Crippen LogP contribution in [0, 0.1) is 12.8 Å². The van der Waals surface area contributed by atoms with E-state index in [-0.39, 0.29) is 6.09 Å². The minimum Gasteiger partial charge on any atom is -0.492 e. The average molecular weight is 484 g/mol. The summed E-state index contributed by atoms with van der Waals surface area (Å²) in [6.07, 6.45) is 5.04. The van der Waals surface area contributed by atoms with Gasteiger partial charge in [-0.2, -0.15) is 0 Å². The van der Waals surface area contributed by atoms with Crippen LogP contribution in [0.1, 0.15) is 50.2 Å². The summed E-state index contributed by atoms with van der Waals surface area (Å²) in [6.45, 7) is 5.48. The number of carbonyl (C=O) groups is 2. The van der Waals surface area contributed by atoms with E-state index in [1.807, 2.05) is 55.5 Å². The third kappa shape index (κ3) is 8.58. The zero-order valence-corrected chi connectivity index (χ0v) is 20.8. The van der Waals surface area contributed by atoms with Crippen LogP contribution >= 0.6 is 0 Å². The van der Waals surface area contributed by atoms with Crippen molar-refractivity contribution in [2.45, 2.75) is 58.5 Å². The highest BCUT2D eigenvalue weighted by molar-refractivity contribution is 5.72. The highest BCUT2D eigenvalue weighted by Crippen LogP contribution is 2.25. The second kappa shape index (κ2) is 13.7. The van der Waals surface area contributed by atoms with Crippen LogP contribution in [-0.2, 0) is 16.0 Å². The Bertz CT molecular complexity index is 939. The standard InChI is InChI=1S/C28H37NO6/c1-3-33-26(27(30)31)19-22-13-15-24(16-14-22)34-18-17-29(20-23-10-5-4-6-11-23)28(32)35-25-12-8-7-9-21(25)2/h7-9,12-16,23,26H,3-6,10-11,17-20H2,1-2H3,(H,30,31). The second-order valence-corrected chi connectivity index (χ2v) is 9.06. The first-order valence-corrected chi connectivity index (χ1v) is 12.5. The molecule has 0 aromatic heterocycles. The predicted molar refractivity (Wildman–Crippen MR) is 134 cm³/mol. The SMILES string of the molecule is CCOC(Cc1ccc(OCCN(CC2CCCCC2)C(=O)Oc2ccccc2C)cc1)C(=O)O. The van der Waals surface area contributed by atoms with Gasteiger partial charge in [0, 0.05) is 19.6 Å². The predicted octanol–water partition coefficient (Wildman–Crippen LogP) is 5.49. The molecule has 0 heterocycles. The average Bonchev–Trinajstić information content (AvgIpc) is 2.86. The molecule has 2 aromatic carbocycles. The molecule has 1 aliphatic carbocycles. The summed E-state index contributed by atoms with van der Waals surface area (Å²) in [4.78, 5) is 26.1. The van der Waals surface area contributed by atoms with Gasteiger partial charge in [-0.15, -0.1) is 0 Å². The van der Waals surface area contributed by atoms with Gasteiger partial charge in [0.1, 0.15) is 18.1 Å². The number of amides is 1. The van der Waals surface area contributed by atoms with Crippen molar-refractivity contribution in [2.24, 2.45) is 5.92 Å². The Morgan fingerprint density at radius 2 is 1.77 bits per heavy atom. The lowest BCUT2D eigenvalue weighted by molar-refractivity contribution is -0.149. The Labute approximate surface area is 208 Å². The van der Waals surface area contributed by atoms with Crippen molar-refractivity contribution >= 4 is 12.1 Å². The number of carboxylic acid groups (broad SMARTS) is 1. The molecule has 7 nitrogen and oxygen atoms in total. The summed E-state index contributed by atoms with van der Waals surface area (Å²) in [5, 5.41) is 9.27. The first kappa shape index (κ1) is 26.5. The molecule has 0 bridgehead atoms. The van der Waals surface area contributed by atoms with E-state index in [4.69, 9.17) is 14.2 Å². The molecule has 0 saturated heterocycles. The number of hydrogen-bond acceptors (Lipinski definition) is 5. The molecule has 0 radical (unpaired) electrons. The molecular weight excluding hydrogens is 446 g/mol. The number of para-hydroxylation sites is 1. The maximum atomic E-state index is 13.0. The number of benzene rings is 2. The largest absolute Gasteiger partial charge is 0.492 e. The van der Waals surface area contributed by atoms with Gasteiger partial charge in [0.05, 0.1) is 6.54 Å². The molecular formula is C28H37NO6. The summed E-state index contributed by atoms with van der Waals surface area (Å²) in [7, 11) is 0. The van der Waals surface area contributed by atoms with Crippen LogP contribution in [0.25, 0.3) is 0 Å². The van der Waals surface area contributed by atoms with E-state index in [0.29, 0.717) is 50.1 Å². The van der Waals surface area contributed by atoms with E-state index in [1.165, 1.54) is 19.3 Å². The zero-order valence-electron chi connectivity index (χ0n) is 20.8. The van der Waals surface area contributed by atoms with E-state index in [0.717, 1.165) is 24.0 Å². The molecule has 1 amide bonds. The summed E-state index contributed by atoms with van der Waals surface area (Å²) in [5.41, 5.74) is 1.78. The number of hydrogen-bond donors (Lipinski definition) is 1. The van der Waals surface area contributed by atoms with Crippen LogP contribution in [0.15, 0.2) is 48.5 Å². The van der Waals surface area contributed by atoms with Crippen molar-refractivity contribution in [3.8, 4) is 11.5 Å². The number of ether oxygens (including phenoxy) is 3. The lowest BCUT2D eigenvalue weighted by atomic mass is 9.89. The van der Waals surface area contributed by atoms with Crippen LogP contribution in [0.4, 0.5) is 4.79 Å². The molecule has 1 N–H and O–H groups in total. The van der Waals surface area contributed by atoms with Crippen LogP contribution in [-0.4, -0.2) is 54.5 Å². The number of nitrogens with zero attached hydrogens (tertiary/aromatic N) is 1. The fourth-order valence-corrected chi connectivity index (χ4v) is 4.40. The van der Waals surface area contributed by atoms with Gasteiger partial charge in [-0.05, 0) is 61.9 Å². The van der Waals surface area contributed by atoms with Crippen molar-refractivity contribution in [3.63, 3.8) is 0 Å². The van der Waals surface area contributed by atoms with E-state index >= 15 is 0 Å². The molecule has 1 fully saturated rings. The summed E-state index contributed by atoms with van der Waals surface area (Å²) >= 11 is 0. The molecule has 190 valence electrons. The first-order valence-electron chi connectivity index (χ1n) is 12.5. The van der Waals surface area contributed by atoms with E-state index in [2.05, 4.69) is 0 Å². The van der Waals surface area contributed by atoms with Gasteiger partial charge in [0.15, 0.2) is 6.10 Å². The monoisotopic (exact) mass is 483 g/mol. The fraction of sp³-hybridized carbons (Fsp3) is 0.500. The normalized spacial score (nSPS) is 14.8. The molecule has 3 rings (SSSR count). The van der Waals surface area contributed by atoms with Gasteiger partial charge >= 0.3 is 12.1 Å². The molecule has 1 aliphatic rings. The molecule has 0 spiro atoms. The zero-order chi connectivity index (χ0) is 25.0. The van der Waals surface area contributed by atoms with Gasteiger partial charge in [0.25, 0.3) is 0 Å². The summed E-state index contributed by atoms with van der Waals surface area (Å²) < 4.78 is 16.9. The van der Waals surface area contributed by atoms with E-state index in [9.17, 15) is 14.7 Å². The van der Waals surface area contributed by atoms with Crippen molar-refractivity contribution in [3.05, 3.63) is 59.7 Å². The van der Waals surface area contributed by atoms with Crippen molar-refractivity contribution < 1.29 is 28.9 Å². The molecule has 1 atom stereocenters. The van der Waals surface area contributed by atoms with Crippen molar-refractivity contribution in [2.75, 3.05) is 26.3 Å². The maximum Gasteiger partial charge on any atom is 0.415 e. The van der Waals surface area contributed by atoms with Crippen LogP contribution in [0.3, 0.4) is 0 Å². The molecule has 0 aliphatic heterocycles. The topological polar surface area (TPSA) is 85.3 Å². The van der Waals surface area contributed by atoms with Crippen molar-refractivity contribution in [1.29, 1.82) is 0 Å². The fourth-order valence-electron chi connectivity index (χ4n) is 4.40. The van der Waals surface area contributed by atoms with Gasteiger partial charge < -0.3 is 24.2 Å². The maximum absolute atomic E-state index is 13.0. The van der Waals surface area contributed by atoms with E-state index < -0.39 is 12.1 Å². The van der Waals surface area contributed by atoms with Gasteiger partial charge in [-0.1, -0.05) is 49.6 Å². The van der Waals surface area contributed by atoms with Gasteiger partial charge in [-0.25, -0.2) is 9.59 Å². The molecule has 2 aromatic rings. The van der Waals surface area contributed by atoms with Crippen molar-refractivity contribution in [1.82, 2.24) is 4.90 Å². The lowest BCUT2D eigenvalue weighted by Gasteiger charge is -2.29. The summed E-state index contributed by atoms with van der Waals surface area (Å²) in [6, 6.07) is 14.8. The van der Waals surface area contributed by atoms with Gasteiger partial charge in [0.2, 0.25) is 0 Å². The van der Waals surface area contributed by atoms with Crippen LogP contribution < -0.4 is 9.47 Å². The smallest absolute Gasteiger partial charge is 0.415 e. The van der Waals surface area contributed by atoms with E-state index in [1.54, 1.807) is 11.8 Å². The highest BCUT2D eigenvalue weighted by Gasteiger charge is 2.23. The Morgan fingerprint density at radius 3 is 2.43 bits per heavy atom. The molecule has 1 unspecified atom stereocenters. The number of carbonyl (C=O) groups excluding carboxylic acids is 1. The number of aliphatic carboxylic acids is 1. The third-order valence-electron chi connectivity index (χ3n) is 6.37. The molecule has 1 saturated carbocycles. The highest BCUT2D eigenvalue weighted by atomic mass is 16.6. The molecule has 35 heavy (non-hydrogen) atoms. The second-order valence-electron chi connectivity index (χ2n) is 9.06. The third-order valence-corrected chi connectivity index (χ3v) is 6.37. The first-order chi connectivity index (χ1) is 17.0. The number of carboxylic acids is 1. The Balaban J connectivity index is 1.56. The Kier molecular flexibility index (Phi) is 10.4. The number of rotatable bonds is 12. The van der Waals surface area contributed by atoms with Crippen LogP contribution in [0.2, 0.25) is 0 Å². The van der Waals surface area contributed by atoms with Gasteiger partial charge in [-0.3, -0.25) is 0 Å². The molecule has 7 heteroatoms. The minimum atomic E-state index is -0.970. The minimum absolute atomic E-state index is 0.295. The quantitative estimate of drug-likeness (QED) is 0.430.